The topological polar surface area (TPSA) is 226 Å². The Hall–Kier alpha value is -2.77. The molecule has 164 valence electrons. The van der Waals surface area contributed by atoms with Crippen LogP contribution in [-0.4, -0.2) is 27.0 Å². The summed E-state index contributed by atoms with van der Waals surface area (Å²) in [5.41, 5.74) is -2.16. The molecule has 2 rings (SSSR count). The van der Waals surface area contributed by atoms with Crippen molar-refractivity contribution in [1.82, 2.24) is 0 Å². The predicted octanol–water partition coefficient (Wildman–Crippen LogP) is -2.85. The molecule has 8 N–H and O–H groups in total. The Labute approximate surface area is 167 Å². The number of rotatable bonds is 8. The normalized spacial score (nSPS) is 15.2. The molecule has 0 fully saturated rings. The summed E-state index contributed by atoms with van der Waals surface area (Å²) < 4.78 is 9.50. The van der Waals surface area contributed by atoms with E-state index >= 15 is 0 Å². The van der Waals surface area contributed by atoms with Crippen LogP contribution in [0.2, 0.25) is 0 Å². The Morgan fingerprint density at radius 1 is 0.667 bits per heavy atom. The Morgan fingerprint density at radius 3 is 1.17 bits per heavy atom. The van der Waals surface area contributed by atoms with Crippen LogP contribution in [0.3, 0.4) is 0 Å². The minimum absolute atomic E-state index is 0.286. The molecule has 0 bridgehead atoms. The Kier molecular flexibility index (Phi) is 8.08. The number of hydrogen-bond acceptors (Lipinski definition) is 11. The van der Waals surface area contributed by atoms with Crippen LogP contribution < -0.4 is 20.9 Å². The summed E-state index contributed by atoms with van der Waals surface area (Å²) in [6, 6.07) is 6.93. The van der Waals surface area contributed by atoms with Gasteiger partial charge >= 0.3 is 6.16 Å². The molecule has 0 saturated carbocycles. The highest BCUT2D eigenvalue weighted by molar-refractivity contribution is 5.62. The maximum Gasteiger partial charge on any atom is 0.508 e. The van der Waals surface area contributed by atoms with Crippen LogP contribution in [0.5, 0.6) is 0 Å². The first-order valence-corrected chi connectivity index (χ1v) is 8.10. The lowest BCUT2D eigenvalue weighted by Crippen LogP contribution is -3.01. The van der Waals surface area contributed by atoms with Crippen molar-refractivity contribution in [2.75, 3.05) is 0 Å². The third kappa shape index (κ3) is 5.64. The van der Waals surface area contributed by atoms with Gasteiger partial charge in [-0.25, -0.2) is 25.6 Å². The van der Waals surface area contributed by atoms with Crippen molar-refractivity contribution >= 4 is 28.9 Å². The summed E-state index contributed by atoms with van der Waals surface area (Å²) in [7, 11) is 0. The lowest BCUT2D eigenvalue weighted by Gasteiger charge is -2.21. The average molecular weight is 430 g/mol. The first-order valence-electron chi connectivity index (χ1n) is 8.10. The van der Waals surface area contributed by atoms with Gasteiger partial charge in [0.25, 0.3) is 0 Å². The molecule has 2 aromatic carbocycles. The van der Waals surface area contributed by atoms with E-state index in [-0.39, 0.29) is 11.1 Å². The SMILES string of the molecule is O=C(OCc1c([NH+]([O-])O)cccc1[NH+]([O-])O)OCc1c([NH+]([O-])O)cccc1[NH+]([O-])O. The molecule has 15 nitrogen and oxygen atoms in total. The zero-order valence-corrected chi connectivity index (χ0v) is 15.0. The average Bonchev–Trinajstić information content (AvgIpc) is 2.69. The van der Waals surface area contributed by atoms with Crippen molar-refractivity contribution in [2.45, 2.75) is 13.2 Å². The molecule has 0 aromatic heterocycles. The highest BCUT2D eigenvalue weighted by Crippen LogP contribution is 2.22. The summed E-state index contributed by atoms with van der Waals surface area (Å²) in [5, 5.41) is 76.1. The number of carbonyl (C=O) groups excluding carboxylic acids is 1. The van der Waals surface area contributed by atoms with E-state index in [0.717, 1.165) is 24.3 Å². The molecule has 15 heteroatoms. The minimum Gasteiger partial charge on any atom is -0.595 e. The highest BCUT2D eigenvalue weighted by Gasteiger charge is 2.23. The molecule has 2 aromatic rings. The van der Waals surface area contributed by atoms with E-state index in [9.17, 15) is 46.5 Å². The monoisotopic (exact) mass is 430 g/mol. The number of carbonyl (C=O) groups is 1. The number of ether oxygens (including phenoxy) is 2. The zero-order chi connectivity index (χ0) is 22.4. The molecule has 0 spiro atoms. The molecule has 4 atom stereocenters. The number of quaternary nitrogens is 4. The summed E-state index contributed by atoms with van der Waals surface area (Å²) in [4.78, 5) is 11.9. The highest BCUT2D eigenvalue weighted by atomic mass is 16.8. The van der Waals surface area contributed by atoms with E-state index in [1.807, 2.05) is 0 Å². The van der Waals surface area contributed by atoms with Gasteiger partial charge in [0.1, 0.15) is 24.3 Å². The first kappa shape index (κ1) is 23.5. The van der Waals surface area contributed by atoms with Crippen LogP contribution in [0.4, 0.5) is 27.5 Å². The molecule has 0 amide bonds. The predicted molar refractivity (Wildman–Crippen MR) is 91.0 cm³/mol. The Bertz CT molecular complexity index is 754. The number of nitrogens with one attached hydrogen (secondary N) is 4. The quantitative estimate of drug-likeness (QED) is 0.157. The second-order valence-corrected chi connectivity index (χ2v) is 5.71. The number of benzene rings is 2. The molecule has 0 aliphatic rings. The van der Waals surface area contributed by atoms with E-state index in [1.54, 1.807) is 0 Å². The molecule has 30 heavy (non-hydrogen) atoms. The fraction of sp³-hybridized carbons (Fsp3) is 0.133. The van der Waals surface area contributed by atoms with Gasteiger partial charge in [-0.1, -0.05) is 12.1 Å². The Morgan fingerprint density at radius 2 is 0.933 bits per heavy atom. The van der Waals surface area contributed by atoms with Crippen molar-refractivity contribution in [2.24, 2.45) is 0 Å². The fourth-order valence-electron chi connectivity index (χ4n) is 2.59. The summed E-state index contributed by atoms with van der Waals surface area (Å²) in [6.07, 6.45) is -1.39. The summed E-state index contributed by atoms with van der Waals surface area (Å²) in [5.74, 6) is 0. The van der Waals surface area contributed by atoms with E-state index in [4.69, 9.17) is 9.47 Å². The second kappa shape index (κ2) is 10.3. The molecule has 0 radical (unpaired) electrons. The third-order valence-corrected chi connectivity index (χ3v) is 3.94. The lowest BCUT2D eigenvalue weighted by atomic mass is 10.1. The molecular formula is C15H18N4O11. The van der Waals surface area contributed by atoms with Crippen LogP contribution >= 0.6 is 0 Å². The van der Waals surface area contributed by atoms with Crippen LogP contribution in [0.15, 0.2) is 36.4 Å². The first-order chi connectivity index (χ1) is 14.1. The zero-order valence-electron chi connectivity index (χ0n) is 15.0. The number of hydrogen-bond donors (Lipinski definition) is 8. The van der Waals surface area contributed by atoms with Crippen LogP contribution in [0.1, 0.15) is 11.1 Å². The van der Waals surface area contributed by atoms with Crippen LogP contribution in [0, 0.1) is 20.8 Å². The van der Waals surface area contributed by atoms with Gasteiger partial charge in [0.05, 0.1) is 0 Å². The maximum atomic E-state index is 11.9. The largest absolute Gasteiger partial charge is 0.595 e. The van der Waals surface area contributed by atoms with Crippen molar-refractivity contribution in [1.29, 1.82) is 0 Å². The van der Waals surface area contributed by atoms with Crippen molar-refractivity contribution in [3.05, 3.63) is 68.4 Å². The van der Waals surface area contributed by atoms with Crippen molar-refractivity contribution in [3.63, 3.8) is 0 Å². The van der Waals surface area contributed by atoms with Gasteiger partial charge < -0.3 is 30.3 Å². The maximum absolute atomic E-state index is 11.9. The Balaban J connectivity index is 2.14. The molecular weight excluding hydrogens is 412 g/mol. The molecule has 0 heterocycles. The molecule has 0 aliphatic carbocycles. The van der Waals surface area contributed by atoms with Crippen LogP contribution in [0.25, 0.3) is 0 Å². The van der Waals surface area contributed by atoms with E-state index in [2.05, 4.69) is 0 Å². The van der Waals surface area contributed by atoms with E-state index in [0.29, 0.717) is 0 Å². The van der Waals surface area contributed by atoms with Crippen molar-refractivity contribution in [3.8, 4) is 0 Å². The van der Waals surface area contributed by atoms with Gasteiger partial charge in [0, 0.05) is 24.3 Å². The third-order valence-electron chi connectivity index (χ3n) is 3.94. The van der Waals surface area contributed by atoms with Crippen LogP contribution in [-0.2, 0) is 22.7 Å². The van der Waals surface area contributed by atoms with Gasteiger partial charge in [0.2, 0.25) is 0 Å². The van der Waals surface area contributed by atoms with Gasteiger partial charge in [-0.2, -0.15) is 20.9 Å². The van der Waals surface area contributed by atoms with Gasteiger partial charge in [-0.3, -0.25) is 0 Å². The minimum atomic E-state index is -1.44. The molecule has 0 saturated heterocycles. The van der Waals surface area contributed by atoms with Crippen molar-refractivity contribution < 1.29 is 56.0 Å². The molecule has 4 unspecified atom stereocenters. The van der Waals surface area contributed by atoms with Gasteiger partial charge in [0.15, 0.2) is 22.7 Å². The van der Waals surface area contributed by atoms with Gasteiger partial charge in [-0.05, 0) is 0 Å². The second-order valence-electron chi connectivity index (χ2n) is 5.71. The summed E-state index contributed by atoms with van der Waals surface area (Å²) in [6.45, 7) is -1.51. The fourth-order valence-corrected chi connectivity index (χ4v) is 2.59. The summed E-state index contributed by atoms with van der Waals surface area (Å²) >= 11 is 0. The standard InChI is InChI=1S/C15H18N4O11/c20-15(29-7-9-11(16(21)22)3-1-4-12(9)17(23)24)30-8-10-13(18(25)26)5-2-6-14(10)19(27)28/h1-6,16-19,21,23,25,27H,7-8H2. The lowest BCUT2D eigenvalue weighted by molar-refractivity contribution is -0.996. The molecule has 0 aliphatic heterocycles. The van der Waals surface area contributed by atoms with E-state index < -0.39 is 63.0 Å². The van der Waals surface area contributed by atoms with Gasteiger partial charge in [-0.15, -0.1) is 0 Å². The smallest absolute Gasteiger partial charge is 0.508 e. The van der Waals surface area contributed by atoms with E-state index in [1.165, 1.54) is 12.1 Å².